The van der Waals surface area contributed by atoms with Gasteiger partial charge in [-0.25, -0.2) is 0 Å². The Morgan fingerprint density at radius 2 is 1.81 bits per heavy atom. The molecule has 0 fully saturated rings. The molecule has 1 amide bonds. The minimum Gasteiger partial charge on any atom is -0.493 e. The van der Waals surface area contributed by atoms with Gasteiger partial charge >= 0.3 is 0 Å². The molecule has 1 aromatic carbocycles. The highest BCUT2D eigenvalue weighted by molar-refractivity contribution is 5.84. The van der Waals surface area contributed by atoms with Crippen molar-refractivity contribution < 1.29 is 19.0 Å². The van der Waals surface area contributed by atoms with Crippen LogP contribution < -0.4 is 25.3 Å². The van der Waals surface area contributed by atoms with Crippen molar-refractivity contribution in [1.29, 1.82) is 0 Å². The molecule has 0 saturated carbocycles. The summed E-state index contributed by atoms with van der Waals surface area (Å²) in [6.07, 6.45) is 0. The summed E-state index contributed by atoms with van der Waals surface area (Å²) in [7, 11) is 3.09. The minimum atomic E-state index is -0.986. The molecule has 6 heteroatoms. The van der Waals surface area contributed by atoms with Gasteiger partial charge in [0.2, 0.25) is 11.7 Å². The van der Waals surface area contributed by atoms with Gasteiger partial charge in [-0.05, 0) is 32.9 Å². The average Bonchev–Trinajstić information content (AvgIpc) is 2.43. The maximum absolute atomic E-state index is 11.7. The normalized spacial score (nSPS) is 13.6. The van der Waals surface area contributed by atoms with Gasteiger partial charge < -0.3 is 19.9 Å². The zero-order valence-corrected chi connectivity index (χ0v) is 13.2. The van der Waals surface area contributed by atoms with E-state index >= 15 is 0 Å². The van der Waals surface area contributed by atoms with Crippen molar-refractivity contribution in [2.45, 2.75) is 32.4 Å². The molecule has 0 aliphatic carbocycles. The number of amides is 1. The molecule has 1 unspecified atom stereocenters. The molecule has 1 atom stereocenters. The first-order chi connectivity index (χ1) is 9.84. The third kappa shape index (κ3) is 4.26. The summed E-state index contributed by atoms with van der Waals surface area (Å²) in [5.74, 6) is 1.03. The SMILES string of the molecule is COc1cccc(OC)c1OCC(C)(NC(C)C)C(N)=O. The van der Waals surface area contributed by atoms with Crippen LogP contribution in [-0.2, 0) is 4.79 Å². The second-order valence-corrected chi connectivity index (χ2v) is 5.28. The van der Waals surface area contributed by atoms with E-state index < -0.39 is 11.4 Å². The predicted octanol–water partition coefficient (Wildman–Crippen LogP) is 1.32. The van der Waals surface area contributed by atoms with Gasteiger partial charge in [-0.15, -0.1) is 0 Å². The van der Waals surface area contributed by atoms with Crippen LogP contribution >= 0.6 is 0 Å². The van der Waals surface area contributed by atoms with Crippen LogP contribution in [0.5, 0.6) is 17.2 Å². The van der Waals surface area contributed by atoms with Crippen LogP contribution in [0, 0.1) is 0 Å². The van der Waals surface area contributed by atoms with Crippen LogP contribution in [-0.4, -0.2) is 38.3 Å². The molecule has 1 aromatic rings. The van der Waals surface area contributed by atoms with E-state index in [0.29, 0.717) is 17.2 Å². The van der Waals surface area contributed by atoms with Crippen molar-refractivity contribution >= 4 is 5.91 Å². The Morgan fingerprint density at radius 3 is 2.19 bits per heavy atom. The van der Waals surface area contributed by atoms with Crippen molar-refractivity contribution in [3.63, 3.8) is 0 Å². The van der Waals surface area contributed by atoms with Gasteiger partial charge in [-0.1, -0.05) is 6.07 Å². The number of nitrogens with one attached hydrogen (secondary N) is 1. The Kier molecular flexibility index (Phi) is 5.84. The molecule has 0 heterocycles. The van der Waals surface area contributed by atoms with E-state index in [2.05, 4.69) is 5.32 Å². The molecule has 0 aliphatic heterocycles. The maximum Gasteiger partial charge on any atom is 0.240 e. The quantitative estimate of drug-likeness (QED) is 0.756. The van der Waals surface area contributed by atoms with E-state index in [4.69, 9.17) is 19.9 Å². The summed E-state index contributed by atoms with van der Waals surface area (Å²) in [4.78, 5) is 11.7. The number of hydrogen-bond acceptors (Lipinski definition) is 5. The lowest BCUT2D eigenvalue weighted by molar-refractivity contribution is -0.125. The van der Waals surface area contributed by atoms with E-state index in [1.54, 1.807) is 39.3 Å². The smallest absolute Gasteiger partial charge is 0.240 e. The lowest BCUT2D eigenvalue weighted by Gasteiger charge is -2.30. The van der Waals surface area contributed by atoms with Gasteiger partial charge in [-0.3, -0.25) is 10.1 Å². The largest absolute Gasteiger partial charge is 0.493 e. The van der Waals surface area contributed by atoms with Crippen LogP contribution in [0.25, 0.3) is 0 Å². The first-order valence-corrected chi connectivity index (χ1v) is 6.75. The number of carbonyl (C=O) groups excluding carboxylic acids is 1. The molecule has 0 aromatic heterocycles. The van der Waals surface area contributed by atoms with E-state index in [0.717, 1.165) is 0 Å². The average molecular weight is 296 g/mol. The summed E-state index contributed by atoms with van der Waals surface area (Å²) < 4.78 is 16.3. The second-order valence-electron chi connectivity index (χ2n) is 5.28. The zero-order valence-electron chi connectivity index (χ0n) is 13.2. The van der Waals surface area contributed by atoms with E-state index in [9.17, 15) is 4.79 Å². The standard InChI is InChI=1S/C15H24N2O4/c1-10(2)17-15(3,14(16)18)9-21-13-11(19-4)7-6-8-12(13)20-5/h6-8,10,17H,9H2,1-5H3,(H2,16,18). The third-order valence-corrected chi connectivity index (χ3v) is 3.04. The lowest BCUT2D eigenvalue weighted by Crippen LogP contribution is -2.59. The molecule has 0 aliphatic rings. The fourth-order valence-corrected chi connectivity index (χ4v) is 2.00. The van der Waals surface area contributed by atoms with Crippen molar-refractivity contribution in [1.82, 2.24) is 5.32 Å². The summed E-state index contributed by atoms with van der Waals surface area (Å²) in [6.45, 7) is 5.64. The van der Waals surface area contributed by atoms with Crippen molar-refractivity contribution in [3.8, 4) is 17.2 Å². The molecular weight excluding hydrogens is 272 g/mol. The minimum absolute atomic E-state index is 0.0667. The summed E-state index contributed by atoms with van der Waals surface area (Å²) in [5.41, 5.74) is 4.49. The Labute approximate surface area is 125 Å². The summed E-state index contributed by atoms with van der Waals surface area (Å²) >= 11 is 0. The number of methoxy groups -OCH3 is 2. The van der Waals surface area contributed by atoms with Crippen LogP contribution in [0.1, 0.15) is 20.8 Å². The number of benzene rings is 1. The number of nitrogens with two attached hydrogens (primary N) is 1. The van der Waals surface area contributed by atoms with Gasteiger partial charge in [0.15, 0.2) is 11.5 Å². The Hall–Kier alpha value is -1.95. The molecule has 0 saturated heterocycles. The van der Waals surface area contributed by atoms with E-state index in [1.807, 2.05) is 13.8 Å². The maximum atomic E-state index is 11.7. The molecule has 6 nitrogen and oxygen atoms in total. The predicted molar refractivity (Wildman–Crippen MR) is 80.9 cm³/mol. The fraction of sp³-hybridized carbons (Fsp3) is 0.533. The number of hydrogen-bond donors (Lipinski definition) is 2. The zero-order chi connectivity index (χ0) is 16.0. The molecular formula is C15H24N2O4. The van der Waals surface area contributed by atoms with Gasteiger partial charge in [0.1, 0.15) is 12.1 Å². The number of rotatable bonds is 8. The number of carbonyl (C=O) groups is 1. The molecule has 1 rings (SSSR count). The third-order valence-electron chi connectivity index (χ3n) is 3.04. The van der Waals surface area contributed by atoms with Gasteiger partial charge in [0, 0.05) is 6.04 Å². The molecule has 0 bridgehead atoms. The van der Waals surface area contributed by atoms with Crippen LogP contribution in [0.3, 0.4) is 0 Å². The van der Waals surface area contributed by atoms with E-state index in [-0.39, 0.29) is 12.6 Å². The van der Waals surface area contributed by atoms with Gasteiger partial charge in [0.25, 0.3) is 0 Å². The highest BCUT2D eigenvalue weighted by Gasteiger charge is 2.33. The monoisotopic (exact) mass is 296 g/mol. The Balaban J connectivity index is 2.97. The Morgan fingerprint density at radius 1 is 1.29 bits per heavy atom. The fourth-order valence-electron chi connectivity index (χ4n) is 2.00. The molecule has 118 valence electrons. The second kappa shape index (κ2) is 7.17. The van der Waals surface area contributed by atoms with Crippen LogP contribution in [0.2, 0.25) is 0 Å². The first kappa shape index (κ1) is 17.1. The van der Waals surface area contributed by atoms with Gasteiger partial charge in [0.05, 0.1) is 14.2 Å². The number of para-hydroxylation sites is 1. The highest BCUT2D eigenvalue weighted by atomic mass is 16.5. The molecule has 0 spiro atoms. The van der Waals surface area contributed by atoms with Gasteiger partial charge in [-0.2, -0.15) is 0 Å². The molecule has 3 N–H and O–H groups in total. The molecule has 0 radical (unpaired) electrons. The van der Waals surface area contributed by atoms with Crippen LogP contribution in [0.4, 0.5) is 0 Å². The Bertz CT molecular complexity index is 468. The summed E-state index contributed by atoms with van der Waals surface area (Å²) in [5, 5.41) is 3.12. The van der Waals surface area contributed by atoms with Crippen LogP contribution in [0.15, 0.2) is 18.2 Å². The van der Waals surface area contributed by atoms with Crippen molar-refractivity contribution in [3.05, 3.63) is 18.2 Å². The van der Waals surface area contributed by atoms with Crippen molar-refractivity contribution in [2.75, 3.05) is 20.8 Å². The van der Waals surface area contributed by atoms with Crippen molar-refractivity contribution in [2.24, 2.45) is 5.73 Å². The highest BCUT2D eigenvalue weighted by Crippen LogP contribution is 2.37. The lowest BCUT2D eigenvalue weighted by atomic mass is 10.0. The van der Waals surface area contributed by atoms with E-state index in [1.165, 1.54) is 0 Å². The number of primary amides is 1. The molecule has 21 heavy (non-hydrogen) atoms. The summed E-state index contributed by atoms with van der Waals surface area (Å²) in [6, 6.07) is 5.40. The topological polar surface area (TPSA) is 82.8 Å². The number of ether oxygens (including phenoxy) is 3. The first-order valence-electron chi connectivity index (χ1n) is 6.75.